The topological polar surface area (TPSA) is 45.2 Å². The molecule has 0 spiro atoms. The SMILES string of the molecule is Cc1nc(CN2C(=O)C[C@H]3NCC[C@@H]32)cs1. The summed E-state index contributed by atoms with van der Waals surface area (Å²) in [4.78, 5) is 18.3. The van der Waals surface area contributed by atoms with E-state index in [1.54, 1.807) is 11.3 Å². The fourth-order valence-electron chi connectivity index (χ4n) is 2.69. The maximum atomic E-state index is 11.9. The van der Waals surface area contributed by atoms with E-state index in [9.17, 15) is 4.79 Å². The molecule has 0 saturated carbocycles. The van der Waals surface area contributed by atoms with Gasteiger partial charge in [-0.05, 0) is 19.9 Å². The van der Waals surface area contributed by atoms with Crippen molar-refractivity contribution < 1.29 is 4.79 Å². The lowest BCUT2D eigenvalue weighted by Gasteiger charge is -2.22. The van der Waals surface area contributed by atoms with Crippen molar-refractivity contribution in [3.05, 3.63) is 16.1 Å². The van der Waals surface area contributed by atoms with E-state index >= 15 is 0 Å². The quantitative estimate of drug-likeness (QED) is 0.831. The lowest BCUT2D eigenvalue weighted by Crippen LogP contribution is -2.35. The fraction of sp³-hybridized carbons (Fsp3) is 0.636. The Morgan fingerprint density at radius 3 is 3.31 bits per heavy atom. The third kappa shape index (κ3) is 1.64. The van der Waals surface area contributed by atoms with Gasteiger partial charge in [0.15, 0.2) is 0 Å². The molecule has 2 aliphatic rings. The molecule has 0 aromatic carbocycles. The minimum absolute atomic E-state index is 0.271. The summed E-state index contributed by atoms with van der Waals surface area (Å²) < 4.78 is 0. The predicted octanol–water partition coefficient (Wildman–Crippen LogP) is 0.914. The molecule has 0 aliphatic carbocycles. The van der Waals surface area contributed by atoms with Crippen LogP contribution >= 0.6 is 11.3 Å². The van der Waals surface area contributed by atoms with Gasteiger partial charge in [-0.1, -0.05) is 0 Å². The van der Waals surface area contributed by atoms with Crippen LogP contribution in [0.4, 0.5) is 0 Å². The van der Waals surface area contributed by atoms with Crippen LogP contribution in [-0.4, -0.2) is 34.4 Å². The first kappa shape index (κ1) is 10.2. The summed E-state index contributed by atoms with van der Waals surface area (Å²) in [6, 6.07) is 0.779. The number of nitrogens with one attached hydrogen (secondary N) is 1. The maximum Gasteiger partial charge on any atom is 0.224 e. The lowest BCUT2D eigenvalue weighted by atomic mass is 10.1. The van der Waals surface area contributed by atoms with Crippen molar-refractivity contribution in [2.24, 2.45) is 0 Å². The van der Waals surface area contributed by atoms with E-state index in [2.05, 4.69) is 15.7 Å². The number of aromatic nitrogens is 1. The Morgan fingerprint density at radius 1 is 1.69 bits per heavy atom. The van der Waals surface area contributed by atoms with Crippen LogP contribution in [0.5, 0.6) is 0 Å². The Morgan fingerprint density at radius 2 is 2.56 bits per heavy atom. The molecule has 0 radical (unpaired) electrons. The summed E-state index contributed by atoms with van der Waals surface area (Å²) in [5.41, 5.74) is 1.03. The smallest absolute Gasteiger partial charge is 0.224 e. The molecule has 0 unspecified atom stereocenters. The van der Waals surface area contributed by atoms with Crippen LogP contribution in [0.2, 0.25) is 0 Å². The molecule has 1 aromatic rings. The van der Waals surface area contributed by atoms with E-state index in [0.717, 1.165) is 23.7 Å². The van der Waals surface area contributed by atoms with Gasteiger partial charge >= 0.3 is 0 Å². The van der Waals surface area contributed by atoms with E-state index in [1.165, 1.54) is 0 Å². The van der Waals surface area contributed by atoms with Crippen molar-refractivity contribution in [1.29, 1.82) is 0 Å². The van der Waals surface area contributed by atoms with Gasteiger partial charge in [0.25, 0.3) is 0 Å². The third-order valence-electron chi connectivity index (χ3n) is 3.43. The summed E-state index contributed by atoms with van der Waals surface area (Å²) in [7, 11) is 0. The fourth-order valence-corrected chi connectivity index (χ4v) is 3.29. The van der Waals surface area contributed by atoms with Crippen LogP contribution in [0.15, 0.2) is 5.38 Å². The van der Waals surface area contributed by atoms with Gasteiger partial charge in [0.05, 0.1) is 17.2 Å². The average molecular weight is 237 g/mol. The van der Waals surface area contributed by atoms with Gasteiger partial charge in [-0.3, -0.25) is 4.79 Å². The molecule has 4 nitrogen and oxygen atoms in total. The second-order valence-electron chi connectivity index (χ2n) is 4.50. The average Bonchev–Trinajstić information content (AvgIpc) is 2.88. The van der Waals surface area contributed by atoms with E-state index < -0.39 is 0 Å². The van der Waals surface area contributed by atoms with Crippen molar-refractivity contribution in [2.45, 2.75) is 38.4 Å². The Hall–Kier alpha value is -0.940. The molecule has 2 atom stereocenters. The Bertz CT molecular complexity index is 417. The number of nitrogens with zero attached hydrogens (tertiary/aromatic N) is 2. The normalized spacial score (nSPS) is 28.8. The standard InChI is InChI=1S/C11H15N3OS/c1-7-13-8(6-16-7)5-14-10-2-3-12-9(10)4-11(14)15/h6,9-10,12H,2-5H2,1H3/t9-,10+/m1/s1. The number of rotatable bonds is 2. The van der Waals surface area contributed by atoms with Crippen LogP contribution in [-0.2, 0) is 11.3 Å². The molecule has 86 valence electrons. The number of fused-ring (bicyclic) bond motifs is 1. The number of hydrogen-bond acceptors (Lipinski definition) is 4. The number of amides is 1. The summed E-state index contributed by atoms with van der Waals surface area (Å²) >= 11 is 1.65. The first-order valence-corrected chi connectivity index (χ1v) is 6.56. The highest BCUT2D eigenvalue weighted by atomic mass is 32.1. The van der Waals surface area contributed by atoms with Crippen molar-refractivity contribution in [3.63, 3.8) is 0 Å². The summed E-state index contributed by atoms with van der Waals surface area (Å²) in [5.74, 6) is 0.271. The van der Waals surface area contributed by atoms with Gasteiger partial charge in [-0.25, -0.2) is 4.98 Å². The summed E-state index contributed by atoms with van der Waals surface area (Å²) in [6.07, 6.45) is 1.74. The van der Waals surface area contributed by atoms with E-state index in [-0.39, 0.29) is 5.91 Å². The molecular weight excluding hydrogens is 222 g/mol. The van der Waals surface area contributed by atoms with Crippen LogP contribution in [0.3, 0.4) is 0 Å². The van der Waals surface area contributed by atoms with E-state index in [0.29, 0.717) is 25.0 Å². The molecule has 1 aromatic heterocycles. The molecule has 2 saturated heterocycles. The zero-order chi connectivity index (χ0) is 11.1. The van der Waals surface area contributed by atoms with E-state index in [4.69, 9.17) is 0 Å². The maximum absolute atomic E-state index is 11.9. The zero-order valence-corrected chi connectivity index (χ0v) is 10.1. The lowest BCUT2D eigenvalue weighted by molar-refractivity contribution is -0.129. The number of carbonyl (C=O) groups is 1. The molecule has 1 amide bonds. The minimum Gasteiger partial charge on any atom is -0.332 e. The van der Waals surface area contributed by atoms with Crippen molar-refractivity contribution in [2.75, 3.05) is 6.54 Å². The van der Waals surface area contributed by atoms with Crippen LogP contribution in [0, 0.1) is 6.92 Å². The second kappa shape index (κ2) is 3.82. The highest BCUT2D eigenvalue weighted by Crippen LogP contribution is 2.27. The van der Waals surface area contributed by atoms with Gasteiger partial charge in [-0.2, -0.15) is 0 Å². The summed E-state index contributed by atoms with van der Waals surface area (Å²) in [6.45, 7) is 3.72. The number of hydrogen-bond donors (Lipinski definition) is 1. The van der Waals surface area contributed by atoms with Gasteiger partial charge in [0.1, 0.15) is 0 Å². The molecule has 1 N–H and O–H groups in total. The van der Waals surface area contributed by atoms with E-state index in [1.807, 2.05) is 11.8 Å². The Kier molecular flexibility index (Phi) is 2.44. The third-order valence-corrected chi connectivity index (χ3v) is 4.25. The number of likely N-dealkylation sites (tertiary alicyclic amines) is 1. The number of aryl methyl sites for hydroxylation is 1. The molecule has 16 heavy (non-hydrogen) atoms. The molecule has 5 heteroatoms. The number of carbonyl (C=O) groups excluding carboxylic acids is 1. The van der Waals surface area contributed by atoms with Gasteiger partial charge in [-0.15, -0.1) is 11.3 Å². The Balaban J connectivity index is 1.76. The molecule has 2 aliphatic heterocycles. The number of thiazole rings is 1. The van der Waals surface area contributed by atoms with Gasteiger partial charge in [0.2, 0.25) is 5.91 Å². The van der Waals surface area contributed by atoms with Crippen molar-refractivity contribution in [1.82, 2.24) is 15.2 Å². The highest BCUT2D eigenvalue weighted by molar-refractivity contribution is 7.09. The van der Waals surface area contributed by atoms with Gasteiger partial charge < -0.3 is 10.2 Å². The van der Waals surface area contributed by atoms with Crippen LogP contribution in [0.25, 0.3) is 0 Å². The monoisotopic (exact) mass is 237 g/mol. The molecule has 0 bridgehead atoms. The second-order valence-corrected chi connectivity index (χ2v) is 5.56. The molecular formula is C11H15N3OS. The van der Waals surface area contributed by atoms with Gasteiger partial charge in [0, 0.05) is 23.9 Å². The van der Waals surface area contributed by atoms with Crippen LogP contribution in [0.1, 0.15) is 23.5 Å². The zero-order valence-electron chi connectivity index (χ0n) is 9.27. The molecule has 3 rings (SSSR count). The molecule has 2 fully saturated rings. The van der Waals surface area contributed by atoms with Crippen LogP contribution < -0.4 is 5.32 Å². The predicted molar refractivity (Wildman–Crippen MR) is 62.2 cm³/mol. The largest absolute Gasteiger partial charge is 0.332 e. The summed E-state index contributed by atoms with van der Waals surface area (Å²) in [5, 5.41) is 6.52. The highest BCUT2D eigenvalue weighted by Gasteiger charge is 2.42. The minimum atomic E-state index is 0.271. The first-order chi connectivity index (χ1) is 7.74. The van der Waals surface area contributed by atoms with Crippen molar-refractivity contribution in [3.8, 4) is 0 Å². The Labute approximate surface area is 98.7 Å². The first-order valence-electron chi connectivity index (χ1n) is 5.68. The van der Waals surface area contributed by atoms with Crippen molar-refractivity contribution >= 4 is 17.2 Å². The molecule has 3 heterocycles.